The number of fused-ring (bicyclic) bond motifs is 5. The van der Waals surface area contributed by atoms with Crippen LogP contribution < -0.4 is 4.74 Å². The summed E-state index contributed by atoms with van der Waals surface area (Å²) in [6.07, 6.45) is 2.52. The van der Waals surface area contributed by atoms with Crippen LogP contribution in [0.1, 0.15) is 29.9 Å². The van der Waals surface area contributed by atoms with Crippen LogP contribution in [-0.2, 0) is 24.4 Å². The summed E-state index contributed by atoms with van der Waals surface area (Å²) in [5.74, 6) is 0. The van der Waals surface area contributed by atoms with Gasteiger partial charge in [-0.05, 0) is 37.1 Å². The molecule has 0 atom stereocenters. The maximum absolute atomic E-state index is 5.94. The number of thiophene rings is 1. The first-order chi connectivity index (χ1) is 13.0. The summed E-state index contributed by atoms with van der Waals surface area (Å²) in [5, 5.41) is 6.19. The summed E-state index contributed by atoms with van der Waals surface area (Å²) in [6, 6.07) is 7.87. The molecular formula is C19H17ClN4O2S. The molecule has 1 aromatic carbocycles. The smallest absolute Gasteiger partial charge is 0.336 e. The minimum absolute atomic E-state index is 0.193. The number of hydrogen-bond donors (Lipinski definition) is 0. The Labute approximate surface area is 164 Å². The third-order valence-electron chi connectivity index (χ3n) is 4.67. The van der Waals surface area contributed by atoms with Gasteiger partial charge in [-0.2, -0.15) is 9.50 Å². The maximum atomic E-state index is 5.94. The minimum atomic E-state index is -0.193. The fraction of sp³-hybridized carbons (Fsp3) is 0.316. The van der Waals surface area contributed by atoms with Crippen LogP contribution in [0.5, 0.6) is 6.01 Å². The Morgan fingerprint density at radius 1 is 1.30 bits per heavy atom. The average molecular weight is 401 g/mol. The van der Waals surface area contributed by atoms with E-state index in [1.54, 1.807) is 22.2 Å². The Morgan fingerprint density at radius 2 is 2.11 bits per heavy atom. The van der Waals surface area contributed by atoms with Gasteiger partial charge in [0.2, 0.25) is 0 Å². The van der Waals surface area contributed by atoms with Crippen molar-refractivity contribution >= 4 is 38.8 Å². The quantitative estimate of drug-likeness (QED) is 0.509. The summed E-state index contributed by atoms with van der Waals surface area (Å²) in [4.78, 5) is 11.4. The highest BCUT2D eigenvalue weighted by Crippen LogP contribution is 2.39. The second-order valence-corrected chi connectivity index (χ2v) is 8.75. The van der Waals surface area contributed by atoms with Crippen LogP contribution in [0.25, 0.3) is 15.9 Å². The molecular weight excluding hydrogens is 384 g/mol. The summed E-state index contributed by atoms with van der Waals surface area (Å²) in [5.41, 5.74) is 2.86. The highest BCUT2D eigenvalue weighted by atomic mass is 35.5. The maximum Gasteiger partial charge on any atom is 0.336 e. The lowest BCUT2D eigenvalue weighted by Gasteiger charge is -2.30. The average Bonchev–Trinajstić information content (AvgIpc) is 3.20. The van der Waals surface area contributed by atoms with E-state index < -0.39 is 0 Å². The van der Waals surface area contributed by atoms with E-state index in [2.05, 4.69) is 28.9 Å². The van der Waals surface area contributed by atoms with Gasteiger partial charge >= 0.3 is 6.01 Å². The molecule has 0 bridgehead atoms. The van der Waals surface area contributed by atoms with E-state index in [1.165, 1.54) is 10.4 Å². The molecule has 0 aliphatic carbocycles. The first kappa shape index (κ1) is 16.9. The third-order valence-corrected chi connectivity index (χ3v) is 6.04. The number of halogens is 1. The molecule has 6 nitrogen and oxygen atoms in total. The Bertz CT molecular complexity index is 1150. The van der Waals surface area contributed by atoms with E-state index in [-0.39, 0.29) is 5.60 Å². The van der Waals surface area contributed by atoms with Crippen molar-refractivity contribution in [1.29, 1.82) is 0 Å². The number of ether oxygens (including phenoxy) is 2. The lowest BCUT2D eigenvalue weighted by atomic mass is 9.94. The topological polar surface area (TPSA) is 61.5 Å². The molecule has 3 aromatic heterocycles. The number of benzene rings is 1. The SMILES string of the molecule is CC1(C)Cc2c(sc3ncn4nc(OCc5ccc(Cl)cc5)nc4c23)CO1. The zero-order chi connectivity index (χ0) is 18.6. The van der Waals surface area contributed by atoms with Crippen LogP contribution in [0.3, 0.4) is 0 Å². The molecule has 0 N–H and O–H groups in total. The van der Waals surface area contributed by atoms with E-state index in [0.29, 0.717) is 24.2 Å². The van der Waals surface area contributed by atoms with E-state index >= 15 is 0 Å². The predicted octanol–water partition coefficient (Wildman–Crippen LogP) is 4.42. The second-order valence-electron chi connectivity index (χ2n) is 7.23. The number of rotatable bonds is 3. The Hall–Kier alpha value is -2.22. The van der Waals surface area contributed by atoms with Crippen molar-refractivity contribution in [3.63, 3.8) is 0 Å². The summed E-state index contributed by atoms with van der Waals surface area (Å²) in [6.45, 7) is 5.21. The summed E-state index contributed by atoms with van der Waals surface area (Å²) >= 11 is 7.59. The van der Waals surface area contributed by atoms with Crippen LogP contribution in [0.2, 0.25) is 5.02 Å². The molecule has 8 heteroatoms. The lowest BCUT2D eigenvalue weighted by Crippen LogP contribution is -2.31. The molecule has 0 fully saturated rings. The van der Waals surface area contributed by atoms with Gasteiger partial charge < -0.3 is 9.47 Å². The monoisotopic (exact) mass is 400 g/mol. The van der Waals surface area contributed by atoms with Gasteiger partial charge in [-0.3, -0.25) is 0 Å². The zero-order valence-corrected chi connectivity index (χ0v) is 16.5. The Kier molecular flexibility index (Phi) is 3.86. The van der Waals surface area contributed by atoms with Crippen LogP contribution in [0, 0.1) is 0 Å². The van der Waals surface area contributed by atoms with Crippen molar-refractivity contribution in [3.05, 3.63) is 51.6 Å². The Balaban J connectivity index is 1.52. The number of nitrogens with zero attached hydrogens (tertiary/aromatic N) is 4. The van der Waals surface area contributed by atoms with E-state index in [0.717, 1.165) is 27.8 Å². The molecule has 0 saturated heterocycles. The van der Waals surface area contributed by atoms with Crippen molar-refractivity contribution in [1.82, 2.24) is 19.6 Å². The zero-order valence-electron chi connectivity index (χ0n) is 14.9. The van der Waals surface area contributed by atoms with Crippen LogP contribution >= 0.6 is 22.9 Å². The van der Waals surface area contributed by atoms with Crippen LogP contribution in [-0.4, -0.2) is 25.2 Å². The van der Waals surface area contributed by atoms with E-state index in [4.69, 9.17) is 21.1 Å². The summed E-state index contributed by atoms with van der Waals surface area (Å²) < 4.78 is 13.4. The van der Waals surface area contributed by atoms with Gasteiger partial charge in [-0.15, -0.1) is 16.4 Å². The van der Waals surface area contributed by atoms with Crippen molar-refractivity contribution in [3.8, 4) is 6.01 Å². The molecule has 0 radical (unpaired) electrons. The van der Waals surface area contributed by atoms with Crippen molar-refractivity contribution in [2.24, 2.45) is 0 Å². The van der Waals surface area contributed by atoms with Gasteiger partial charge in [0.25, 0.3) is 0 Å². The van der Waals surface area contributed by atoms with Gasteiger partial charge in [-0.25, -0.2) is 4.98 Å². The van der Waals surface area contributed by atoms with Crippen LogP contribution in [0.4, 0.5) is 0 Å². The van der Waals surface area contributed by atoms with Gasteiger partial charge in [0, 0.05) is 16.3 Å². The normalized spacial score (nSPS) is 16.0. The van der Waals surface area contributed by atoms with Crippen molar-refractivity contribution < 1.29 is 9.47 Å². The molecule has 0 saturated carbocycles. The van der Waals surface area contributed by atoms with Gasteiger partial charge in [0.15, 0.2) is 5.65 Å². The molecule has 1 aliphatic rings. The highest BCUT2D eigenvalue weighted by Gasteiger charge is 2.30. The van der Waals surface area contributed by atoms with E-state index in [9.17, 15) is 0 Å². The van der Waals surface area contributed by atoms with Gasteiger partial charge in [-0.1, -0.05) is 23.7 Å². The number of aromatic nitrogens is 4. The van der Waals surface area contributed by atoms with Crippen molar-refractivity contribution in [2.45, 2.75) is 39.1 Å². The molecule has 138 valence electrons. The lowest BCUT2D eigenvalue weighted by molar-refractivity contribution is -0.0379. The second kappa shape index (κ2) is 6.15. The molecule has 0 amide bonds. The summed E-state index contributed by atoms with van der Waals surface area (Å²) in [7, 11) is 0. The molecule has 4 aromatic rings. The molecule has 5 rings (SSSR count). The van der Waals surface area contributed by atoms with Gasteiger partial charge in [0.1, 0.15) is 17.8 Å². The molecule has 1 aliphatic heterocycles. The largest absolute Gasteiger partial charge is 0.457 e. The predicted molar refractivity (Wildman–Crippen MR) is 105 cm³/mol. The molecule has 0 spiro atoms. The first-order valence-corrected chi connectivity index (χ1v) is 9.85. The minimum Gasteiger partial charge on any atom is -0.457 e. The van der Waals surface area contributed by atoms with Crippen molar-refractivity contribution in [2.75, 3.05) is 0 Å². The van der Waals surface area contributed by atoms with Crippen LogP contribution in [0.15, 0.2) is 30.6 Å². The highest BCUT2D eigenvalue weighted by molar-refractivity contribution is 7.19. The third kappa shape index (κ3) is 3.05. The number of hydrogen-bond acceptors (Lipinski definition) is 6. The Morgan fingerprint density at radius 3 is 2.93 bits per heavy atom. The molecule has 4 heterocycles. The first-order valence-electron chi connectivity index (χ1n) is 8.65. The fourth-order valence-corrected chi connectivity index (χ4v) is 4.50. The molecule has 27 heavy (non-hydrogen) atoms. The van der Waals surface area contributed by atoms with Gasteiger partial charge in [0.05, 0.1) is 17.6 Å². The molecule has 0 unspecified atom stereocenters. The fourth-order valence-electron chi connectivity index (χ4n) is 3.31. The van der Waals surface area contributed by atoms with E-state index in [1.807, 2.05) is 24.3 Å². The standard InChI is InChI=1S/C19H17ClN4O2S/c1-19(2)7-13-14(9-26-19)27-17-15(13)16-22-18(23-24(16)10-21-17)25-8-11-3-5-12(20)6-4-11/h3-6,10H,7-9H2,1-2H3.